The van der Waals surface area contributed by atoms with Crippen molar-refractivity contribution in [3.05, 3.63) is 63.8 Å². The molecule has 2 N–H and O–H groups in total. The third-order valence-corrected chi connectivity index (χ3v) is 5.22. The highest BCUT2D eigenvalue weighted by Crippen LogP contribution is 2.14. The number of nitrogens with zero attached hydrogens (tertiary/aromatic N) is 1. The molecule has 0 saturated carbocycles. The quantitative estimate of drug-likeness (QED) is 0.722. The molecule has 1 aromatic heterocycles. The fourth-order valence-electron chi connectivity index (χ4n) is 2.35. The van der Waals surface area contributed by atoms with Crippen molar-refractivity contribution in [3.63, 3.8) is 0 Å². The second kappa shape index (κ2) is 6.39. The van der Waals surface area contributed by atoms with Gasteiger partial charge in [-0.1, -0.05) is 11.6 Å². The van der Waals surface area contributed by atoms with Gasteiger partial charge in [0.1, 0.15) is 5.82 Å². The summed E-state index contributed by atoms with van der Waals surface area (Å²) in [5.74, 6) is -0.459. The van der Waals surface area contributed by atoms with E-state index in [1.165, 1.54) is 47.0 Å². The summed E-state index contributed by atoms with van der Waals surface area (Å²) in [7, 11) is -3.70. The van der Waals surface area contributed by atoms with E-state index >= 15 is 0 Å². The zero-order valence-electron chi connectivity index (χ0n) is 12.3. The highest BCUT2D eigenvalue weighted by Gasteiger charge is 2.14. The Balaban J connectivity index is 1.76. The second-order valence-corrected chi connectivity index (χ2v) is 7.30. The third-order valence-electron chi connectivity index (χ3n) is 3.49. The summed E-state index contributed by atoms with van der Waals surface area (Å²) >= 11 is 5.73. The number of nitrogens with one attached hydrogen (secondary N) is 2. The third kappa shape index (κ3) is 3.35. The van der Waals surface area contributed by atoms with Crippen LogP contribution in [0.25, 0.3) is 11.0 Å². The van der Waals surface area contributed by atoms with Crippen LogP contribution < -0.4 is 10.4 Å². The lowest BCUT2D eigenvalue weighted by atomic mass is 10.3. The zero-order valence-corrected chi connectivity index (χ0v) is 13.9. The van der Waals surface area contributed by atoms with E-state index in [1.807, 2.05) is 0 Å². The van der Waals surface area contributed by atoms with E-state index in [0.717, 1.165) is 0 Å². The molecule has 0 aliphatic heterocycles. The summed E-state index contributed by atoms with van der Waals surface area (Å²) in [5, 5.41) is 0.437. The Morgan fingerprint density at radius 3 is 2.58 bits per heavy atom. The van der Waals surface area contributed by atoms with E-state index in [0.29, 0.717) is 16.1 Å². The maximum absolute atomic E-state index is 13.2. The van der Waals surface area contributed by atoms with Crippen LogP contribution in [0.4, 0.5) is 4.39 Å². The normalized spacial score (nSPS) is 11.9. The van der Waals surface area contributed by atoms with Gasteiger partial charge in [0, 0.05) is 18.1 Å². The summed E-state index contributed by atoms with van der Waals surface area (Å²) in [5.41, 5.74) is 0.439. The molecular weight excluding hydrogens is 357 g/mol. The molecule has 24 heavy (non-hydrogen) atoms. The zero-order chi connectivity index (χ0) is 17.3. The van der Waals surface area contributed by atoms with Crippen LogP contribution in [-0.2, 0) is 16.6 Å². The van der Waals surface area contributed by atoms with Crippen LogP contribution in [-0.4, -0.2) is 24.5 Å². The molecule has 0 bridgehead atoms. The van der Waals surface area contributed by atoms with E-state index in [-0.39, 0.29) is 18.0 Å². The number of sulfonamides is 1. The summed E-state index contributed by atoms with van der Waals surface area (Å²) in [6.45, 7) is 0.118. The number of halogens is 2. The minimum atomic E-state index is -3.70. The van der Waals surface area contributed by atoms with Crippen molar-refractivity contribution in [1.82, 2.24) is 14.3 Å². The van der Waals surface area contributed by atoms with E-state index in [2.05, 4.69) is 9.71 Å². The number of benzene rings is 2. The molecule has 0 aliphatic carbocycles. The summed E-state index contributed by atoms with van der Waals surface area (Å²) in [6, 6.07) is 9.67. The van der Waals surface area contributed by atoms with E-state index in [1.54, 1.807) is 0 Å². The Morgan fingerprint density at radius 1 is 1.17 bits per heavy atom. The van der Waals surface area contributed by atoms with Gasteiger partial charge in [-0.25, -0.2) is 22.3 Å². The lowest BCUT2D eigenvalue weighted by Gasteiger charge is -2.07. The molecule has 0 spiro atoms. The van der Waals surface area contributed by atoms with Crippen LogP contribution >= 0.6 is 11.6 Å². The molecule has 2 aromatic carbocycles. The van der Waals surface area contributed by atoms with Gasteiger partial charge in [-0.15, -0.1) is 0 Å². The molecule has 0 unspecified atom stereocenters. The van der Waals surface area contributed by atoms with Gasteiger partial charge < -0.3 is 4.98 Å². The SMILES string of the molecule is O=c1[nH]c2cc(F)ccc2n1CCNS(=O)(=O)c1ccc(Cl)cc1. The van der Waals surface area contributed by atoms with Crippen LogP contribution in [0.2, 0.25) is 5.02 Å². The second-order valence-electron chi connectivity index (χ2n) is 5.09. The van der Waals surface area contributed by atoms with Crippen LogP contribution in [0, 0.1) is 5.82 Å². The van der Waals surface area contributed by atoms with E-state index < -0.39 is 21.5 Å². The van der Waals surface area contributed by atoms with Crippen LogP contribution in [0.3, 0.4) is 0 Å². The van der Waals surface area contributed by atoms with Crippen molar-refractivity contribution in [2.45, 2.75) is 11.4 Å². The Hall–Kier alpha value is -2.16. The highest BCUT2D eigenvalue weighted by molar-refractivity contribution is 7.89. The minimum Gasteiger partial charge on any atom is -0.305 e. The molecule has 0 radical (unpaired) electrons. The Bertz CT molecular complexity index is 1040. The maximum Gasteiger partial charge on any atom is 0.326 e. The van der Waals surface area contributed by atoms with Crippen molar-refractivity contribution >= 4 is 32.7 Å². The lowest BCUT2D eigenvalue weighted by Crippen LogP contribution is -2.30. The smallest absolute Gasteiger partial charge is 0.305 e. The number of fused-ring (bicyclic) bond motifs is 1. The number of rotatable bonds is 5. The first-order chi connectivity index (χ1) is 11.4. The Morgan fingerprint density at radius 2 is 1.88 bits per heavy atom. The molecular formula is C15H13ClFN3O3S. The average molecular weight is 370 g/mol. The largest absolute Gasteiger partial charge is 0.326 e. The molecule has 3 rings (SSSR count). The number of H-pyrrole nitrogens is 1. The van der Waals surface area contributed by atoms with Gasteiger partial charge in [-0.2, -0.15) is 0 Å². The standard InChI is InChI=1S/C15H13ClFN3O3S/c16-10-1-4-12(5-2-10)24(22,23)18-7-8-20-14-6-3-11(17)9-13(14)19-15(20)21/h1-6,9,18H,7-8H2,(H,19,21). The molecule has 0 fully saturated rings. The average Bonchev–Trinajstić information content (AvgIpc) is 2.82. The topological polar surface area (TPSA) is 84.0 Å². The molecule has 3 aromatic rings. The van der Waals surface area contributed by atoms with Crippen LogP contribution in [0.15, 0.2) is 52.2 Å². The number of imidazole rings is 1. The van der Waals surface area contributed by atoms with Gasteiger partial charge >= 0.3 is 5.69 Å². The highest BCUT2D eigenvalue weighted by atomic mass is 35.5. The van der Waals surface area contributed by atoms with Gasteiger partial charge in [-0.3, -0.25) is 4.57 Å². The van der Waals surface area contributed by atoms with Crippen molar-refractivity contribution in [2.24, 2.45) is 0 Å². The van der Waals surface area contributed by atoms with Crippen molar-refractivity contribution in [1.29, 1.82) is 0 Å². The number of aromatic amines is 1. The fourth-order valence-corrected chi connectivity index (χ4v) is 3.49. The minimum absolute atomic E-state index is 0.00912. The van der Waals surface area contributed by atoms with Gasteiger partial charge in [0.2, 0.25) is 10.0 Å². The molecule has 0 atom stereocenters. The lowest BCUT2D eigenvalue weighted by molar-refractivity contribution is 0.572. The first kappa shape index (κ1) is 16.7. The molecule has 6 nitrogen and oxygen atoms in total. The molecule has 0 saturated heterocycles. The van der Waals surface area contributed by atoms with Crippen molar-refractivity contribution in [3.8, 4) is 0 Å². The van der Waals surface area contributed by atoms with Crippen molar-refractivity contribution < 1.29 is 12.8 Å². The Labute approximate surface area is 141 Å². The van der Waals surface area contributed by atoms with E-state index in [4.69, 9.17) is 11.6 Å². The van der Waals surface area contributed by atoms with Crippen LogP contribution in [0.5, 0.6) is 0 Å². The number of aromatic nitrogens is 2. The molecule has 1 heterocycles. The number of hydrogen-bond donors (Lipinski definition) is 2. The molecule has 0 aliphatic rings. The summed E-state index contributed by atoms with van der Waals surface area (Å²) < 4.78 is 41.3. The summed E-state index contributed by atoms with van der Waals surface area (Å²) in [6.07, 6.45) is 0. The Kier molecular flexibility index (Phi) is 4.44. The molecule has 9 heteroatoms. The number of hydrogen-bond acceptors (Lipinski definition) is 3. The van der Waals surface area contributed by atoms with Gasteiger partial charge in [0.05, 0.1) is 15.9 Å². The van der Waals surface area contributed by atoms with Gasteiger partial charge in [-0.05, 0) is 42.5 Å². The first-order valence-electron chi connectivity index (χ1n) is 7.00. The predicted octanol–water partition coefficient (Wildman–Crippen LogP) is 2.10. The molecule has 126 valence electrons. The monoisotopic (exact) mass is 369 g/mol. The van der Waals surface area contributed by atoms with Gasteiger partial charge in [0.25, 0.3) is 0 Å². The molecule has 0 amide bonds. The van der Waals surface area contributed by atoms with Crippen molar-refractivity contribution in [2.75, 3.05) is 6.54 Å². The fraction of sp³-hybridized carbons (Fsp3) is 0.133. The van der Waals surface area contributed by atoms with E-state index in [9.17, 15) is 17.6 Å². The maximum atomic E-state index is 13.2. The van der Waals surface area contributed by atoms with Gasteiger partial charge in [0.15, 0.2) is 0 Å². The predicted molar refractivity (Wildman–Crippen MR) is 89.2 cm³/mol. The van der Waals surface area contributed by atoms with Crippen LogP contribution in [0.1, 0.15) is 0 Å². The summed E-state index contributed by atoms with van der Waals surface area (Å²) in [4.78, 5) is 14.5. The first-order valence-corrected chi connectivity index (χ1v) is 8.86.